The van der Waals surface area contributed by atoms with Crippen molar-refractivity contribution in [1.82, 2.24) is 24.6 Å². The average molecular weight is 455 g/mol. The molecule has 12 heteroatoms. The van der Waals surface area contributed by atoms with Gasteiger partial charge in [-0.25, -0.2) is 14.8 Å². The van der Waals surface area contributed by atoms with Crippen LogP contribution in [0.15, 0.2) is 24.8 Å². The number of amides is 1. The van der Waals surface area contributed by atoms with Crippen molar-refractivity contribution in [3.05, 3.63) is 41.7 Å². The van der Waals surface area contributed by atoms with E-state index < -0.39 is 12.1 Å². The quantitative estimate of drug-likeness (QED) is 0.713. The van der Waals surface area contributed by atoms with Gasteiger partial charge in [0, 0.05) is 25.9 Å². The molecule has 0 radical (unpaired) electrons. The number of carboxylic acids is 1. The highest BCUT2D eigenvalue weighted by Gasteiger charge is 2.38. The van der Waals surface area contributed by atoms with Gasteiger partial charge in [0.05, 0.1) is 24.5 Å². The highest BCUT2D eigenvalue weighted by molar-refractivity contribution is 5.92. The van der Waals surface area contributed by atoms with Crippen molar-refractivity contribution in [1.29, 1.82) is 0 Å². The lowest BCUT2D eigenvalue weighted by atomic mass is 9.99. The van der Waals surface area contributed by atoms with E-state index in [2.05, 4.69) is 19.7 Å². The smallest absolute Gasteiger partial charge is 0.475 e. The minimum absolute atomic E-state index is 0.0723. The molecule has 4 rings (SSSR count). The molecule has 0 bridgehead atoms. The van der Waals surface area contributed by atoms with Crippen LogP contribution in [0, 0.1) is 5.92 Å². The number of fused-ring (bicyclic) bond motifs is 1. The van der Waals surface area contributed by atoms with Crippen LogP contribution in [0.1, 0.15) is 47.6 Å². The lowest BCUT2D eigenvalue weighted by molar-refractivity contribution is -0.192. The van der Waals surface area contributed by atoms with Crippen molar-refractivity contribution in [2.45, 2.75) is 44.9 Å². The van der Waals surface area contributed by atoms with Crippen molar-refractivity contribution < 1.29 is 32.6 Å². The van der Waals surface area contributed by atoms with Crippen molar-refractivity contribution in [3.63, 3.8) is 0 Å². The number of carboxylic acid groups (broad SMARTS) is 1. The zero-order valence-electron chi connectivity index (χ0n) is 17.5. The molecule has 2 aromatic rings. The Balaban J connectivity index is 0.000000360. The second kappa shape index (κ2) is 10.1. The Morgan fingerprint density at radius 2 is 2.03 bits per heavy atom. The molecule has 2 aromatic heterocycles. The minimum Gasteiger partial charge on any atom is -0.475 e. The Morgan fingerprint density at radius 3 is 2.59 bits per heavy atom. The molecule has 1 aliphatic heterocycles. The third-order valence-corrected chi connectivity index (χ3v) is 5.19. The summed E-state index contributed by atoms with van der Waals surface area (Å²) in [6.07, 6.45) is 3.26. The number of aliphatic carboxylic acids is 1. The molecule has 1 amide bonds. The van der Waals surface area contributed by atoms with E-state index in [9.17, 15) is 18.0 Å². The SMILES string of the molecule is CCOCC1c2c(cnn2CC2CC2)CCN1C(=O)c1ccncn1.O=C(O)C(F)(F)F. The predicted octanol–water partition coefficient (Wildman–Crippen LogP) is 2.49. The standard InChI is InChI=1S/C18H23N5O2.C2HF3O2/c1-2-25-11-16-17-14(9-21-23(17)10-13-3-4-13)6-8-22(16)18(24)15-5-7-19-12-20-15;3-2(4,5)1(6)7/h5,7,9,12-13,16H,2-4,6,8,10-11H2,1H3;(H,6,7). The first-order valence-corrected chi connectivity index (χ1v) is 10.2. The summed E-state index contributed by atoms with van der Waals surface area (Å²) >= 11 is 0. The molecule has 0 spiro atoms. The lowest BCUT2D eigenvalue weighted by Crippen LogP contribution is -2.43. The second-order valence-corrected chi connectivity index (χ2v) is 7.50. The number of ether oxygens (including phenoxy) is 1. The number of hydrogen-bond acceptors (Lipinski definition) is 6. The molecule has 3 heterocycles. The van der Waals surface area contributed by atoms with Crippen LogP contribution in [0.25, 0.3) is 0 Å². The Morgan fingerprint density at radius 1 is 1.31 bits per heavy atom. The number of rotatable bonds is 6. The Bertz CT molecular complexity index is 931. The molecule has 32 heavy (non-hydrogen) atoms. The van der Waals surface area contributed by atoms with Gasteiger partial charge in [0.1, 0.15) is 12.0 Å². The Kier molecular flexibility index (Phi) is 7.44. The first-order chi connectivity index (χ1) is 15.2. The topological polar surface area (TPSA) is 110 Å². The summed E-state index contributed by atoms with van der Waals surface area (Å²) in [4.78, 5) is 31.8. The largest absolute Gasteiger partial charge is 0.490 e. The van der Waals surface area contributed by atoms with E-state index >= 15 is 0 Å². The molecule has 1 aliphatic carbocycles. The van der Waals surface area contributed by atoms with E-state index in [1.165, 1.54) is 24.7 Å². The van der Waals surface area contributed by atoms with Gasteiger partial charge < -0.3 is 14.7 Å². The third kappa shape index (κ3) is 5.81. The molecule has 1 saturated carbocycles. The number of nitrogens with zero attached hydrogens (tertiary/aromatic N) is 5. The van der Waals surface area contributed by atoms with E-state index in [1.807, 2.05) is 18.0 Å². The second-order valence-electron chi connectivity index (χ2n) is 7.50. The van der Waals surface area contributed by atoms with E-state index in [1.54, 1.807) is 12.3 Å². The summed E-state index contributed by atoms with van der Waals surface area (Å²) in [5.74, 6) is -2.10. The maximum absolute atomic E-state index is 13.0. The maximum atomic E-state index is 13.0. The van der Waals surface area contributed by atoms with Crippen molar-refractivity contribution in [3.8, 4) is 0 Å². The number of carbonyl (C=O) groups is 2. The van der Waals surface area contributed by atoms with Gasteiger partial charge in [0.25, 0.3) is 5.91 Å². The normalized spacial score (nSPS) is 17.9. The molecule has 174 valence electrons. The highest BCUT2D eigenvalue weighted by atomic mass is 19.4. The zero-order chi connectivity index (χ0) is 23.3. The van der Waals surface area contributed by atoms with Gasteiger partial charge >= 0.3 is 12.1 Å². The number of carbonyl (C=O) groups excluding carboxylic acids is 1. The molecule has 1 atom stereocenters. The third-order valence-electron chi connectivity index (χ3n) is 5.19. The van der Waals surface area contributed by atoms with E-state index in [-0.39, 0.29) is 11.9 Å². The van der Waals surface area contributed by atoms with E-state index in [0.717, 1.165) is 24.6 Å². The Labute approximate surface area is 182 Å². The van der Waals surface area contributed by atoms with Crippen LogP contribution in [0.2, 0.25) is 0 Å². The van der Waals surface area contributed by atoms with Crippen LogP contribution in [-0.2, 0) is 22.5 Å². The fraction of sp³-hybridized carbons (Fsp3) is 0.550. The fourth-order valence-electron chi connectivity index (χ4n) is 3.45. The summed E-state index contributed by atoms with van der Waals surface area (Å²) in [6, 6.07) is 1.55. The minimum atomic E-state index is -5.08. The van der Waals surface area contributed by atoms with Gasteiger partial charge in [-0.3, -0.25) is 9.48 Å². The van der Waals surface area contributed by atoms with Gasteiger partial charge in [0.2, 0.25) is 0 Å². The van der Waals surface area contributed by atoms with E-state index in [0.29, 0.717) is 25.5 Å². The van der Waals surface area contributed by atoms with Crippen LogP contribution in [0.3, 0.4) is 0 Å². The first kappa shape index (κ1) is 23.6. The van der Waals surface area contributed by atoms with Crippen LogP contribution in [0.5, 0.6) is 0 Å². The Hall–Kier alpha value is -3.02. The summed E-state index contributed by atoms with van der Waals surface area (Å²) in [5.41, 5.74) is 2.79. The lowest BCUT2D eigenvalue weighted by Gasteiger charge is -2.36. The van der Waals surface area contributed by atoms with Crippen molar-refractivity contribution in [2.24, 2.45) is 5.92 Å². The molecule has 1 fully saturated rings. The molecular formula is C20H24F3N5O4. The molecule has 2 aliphatic rings. The van der Waals surface area contributed by atoms with Crippen LogP contribution in [0.4, 0.5) is 13.2 Å². The summed E-state index contributed by atoms with van der Waals surface area (Å²) in [5, 5.41) is 11.7. The maximum Gasteiger partial charge on any atom is 0.490 e. The predicted molar refractivity (Wildman–Crippen MR) is 105 cm³/mol. The van der Waals surface area contributed by atoms with Crippen molar-refractivity contribution in [2.75, 3.05) is 19.8 Å². The summed E-state index contributed by atoms with van der Waals surface area (Å²) in [6.45, 7) is 4.67. The molecular weight excluding hydrogens is 431 g/mol. The number of hydrogen-bond donors (Lipinski definition) is 1. The van der Waals surface area contributed by atoms with Gasteiger partial charge in [0.15, 0.2) is 0 Å². The fourth-order valence-corrected chi connectivity index (χ4v) is 3.45. The van der Waals surface area contributed by atoms with Gasteiger partial charge in [-0.2, -0.15) is 18.3 Å². The first-order valence-electron chi connectivity index (χ1n) is 10.2. The summed E-state index contributed by atoms with van der Waals surface area (Å²) < 4.78 is 39.6. The van der Waals surface area contributed by atoms with Gasteiger partial charge in [-0.1, -0.05) is 0 Å². The van der Waals surface area contributed by atoms with Crippen LogP contribution < -0.4 is 0 Å². The van der Waals surface area contributed by atoms with Crippen LogP contribution >= 0.6 is 0 Å². The number of aromatic nitrogens is 4. The van der Waals surface area contributed by atoms with Gasteiger partial charge in [-0.05, 0) is 43.7 Å². The molecule has 9 nitrogen and oxygen atoms in total. The number of halogens is 3. The van der Waals surface area contributed by atoms with Crippen LogP contribution in [-0.4, -0.2) is 67.6 Å². The molecule has 0 aromatic carbocycles. The van der Waals surface area contributed by atoms with Gasteiger partial charge in [-0.15, -0.1) is 0 Å². The number of alkyl halides is 3. The molecule has 1 N–H and O–H groups in total. The van der Waals surface area contributed by atoms with E-state index in [4.69, 9.17) is 14.6 Å². The average Bonchev–Trinajstić information content (AvgIpc) is 3.50. The highest BCUT2D eigenvalue weighted by Crippen LogP contribution is 2.35. The zero-order valence-corrected chi connectivity index (χ0v) is 17.5. The molecule has 1 unspecified atom stereocenters. The van der Waals surface area contributed by atoms with Crippen molar-refractivity contribution >= 4 is 11.9 Å². The monoisotopic (exact) mass is 455 g/mol. The summed E-state index contributed by atoms with van der Waals surface area (Å²) in [7, 11) is 0. The molecule has 0 saturated heterocycles.